The molecule has 7 nitrogen and oxygen atoms in total. The lowest BCUT2D eigenvalue weighted by Gasteiger charge is -2.30. The number of methoxy groups -OCH3 is 2. The van der Waals surface area contributed by atoms with Crippen LogP contribution in [-0.2, 0) is 0 Å². The first kappa shape index (κ1) is 16.9. The molecule has 0 atom stereocenters. The lowest BCUT2D eigenvalue weighted by Crippen LogP contribution is -2.38. The summed E-state index contributed by atoms with van der Waals surface area (Å²) in [6.07, 6.45) is 3.97. The molecule has 138 valence electrons. The molecule has 2 fully saturated rings. The Morgan fingerprint density at radius 2 is 1.50 bits per heavy atom. The van der Waals surface area contributed by atoms with Gasteiger partial charge in [-0.15, -0.1) is 10.2 Å². The molecule has 1 aliphatic carbocycles. The maximum absolute atomic E-state index is 12.8. The van der Waals surface area contributed by atoms with Gasteiger partial charge in [0.1, 0.15) is 11.5 Å². The second-order valence-corrected chi connectivity index (χ2v) is 6.92. The van der Waals surface area contributed by atoms with Crippen molar-refractivity contribution in [1.29, 1.82) is 0 Å². The van der Waals surface area contributed by atoms with Crippen molar-refractivity contribution in [2.24, 2.45) is 0 Å². The number of aromatic nitrogens is 2. The van der Waals surface area contributed by atoms with E-state index in [0.29, 0.717) is 36.1 Å². The predicted octanol–water partition coefficient (Wildman–Crippen LogP) is 2.98. The first-order valence-corrected chi connectivity index (χ1v) is 9.03. The molecule has 1 amide bonds. The van der Waals surface area contributed by atoms with Crippen molar-refractivity contribution in [1.82, 2.24) is 15.1 Å². The highest BCUT2D eigenvalue weighted by Crippen LogP contribution is 2.40. The second kappa shape index (κ2) is 6.97. The molecule has 4 rings (SSSR count). The maximum atomic E-state index is 12.8. The van der Waals surface area contributed by atoms with Crippen LogP contribution in [0.3, 0.4) is 0 Å². The quantitative estimate of drug-likeness (QED) is 0.819. The highest BCUT2D eigenvalue weighted by Gasteiger charge is 2.32. The van der Waals surface area contributed by atoms with Crippen molar-refractivity contribution in [2.45, 2.75) is 37.5 Å². The van der Waals surface area contributed by atoms with Crippen molar-refractivity contribution in [3.8, 4) is 11.5 Å². The standard InChI is InChI=1S/C19H23N3O4/c1-24-15-9-14(10-16(11-15)25-2)19(23)22-7-5-13(6-8-22)18-21-20-17(26-18)12-3-4-12/h9-13H,3-8H2,1-2H3. The summed E-state index contributed by atoms with van der Waals surface area (Å²) in [5, 5.41) is 8.39. The highest BCUT2D eigenvalue weighted by atomic mass is 16.5. The number of amides is 1. The van der Waals surface area contributed by atoms with Gasteiger partial charge in [-0.2, -0.15) is 0 Å². The first-order chi connectivity index (χ1) is 12.7. The number of carbonyl (C=O) groups is 1. The Hall–Kier alpha value is -2.57. The summed E-state index contributed by atoms with van der Waals surface area (Å²) in [6.45, 7) is 1.34. The van der Waals surface area contributed by atoms with Crippen LogP contribution in [0.5, 0.6) is 11.5 Å². The normalized spacial score (nSPS) is 18.0. The zero-order valence-electron chi connectivity index (χ0n) is 15.1. The van der Waals surface area contributed by atoms with E-state index in [1.54, 1.807) is 32.4 Å². The number of hydrogen-bond donors (Lipinski definition) is 0. The van der Waals surface area contributed by atoms with Gasteiger partial charge in [-0.3, -0.25) is 4.79 Å². The van der Waals surface area contributed by atoms with Crippen molar-refractivity contribution >= 4 is 5.91 Å². The third kappa shape index (κ3) is 3.38. The summed E-state index contributed by atoms with van der Waals surface area (Å²) in [5.74, 6) is 3.43. The van der Waals surface area contributed by atoms with Crippen molar-refractivity contribution in [3.63, 3.8) is 0 Å². The Bertz CT molecular complexity index is 770. The van der Waals surface area contributed by atoms with Gasteiger partial charge in [0.2, 0.25) is 11.8 Å². The molecule has 1 saturated heterocycles. The van der Waals surface area contributed by atoms with E-state index >= 15 is 0 Å². The monoisotopic (exact) mass is 357 g/mol. The van der Waals surface area contributed by atoms with Crippen LogP contribution in [0, 0.1) is 0 Å². The van der Waals surface area contributed by atoms with Gasteiger partial charge in [0.05, 0.1) is 14.2 Å². The van der Waals surface area contributed by atoms with Crippen LogP contribution in [-0.4, -0.2) is 48.3 Å². The van der Waals surface area contributed by atoms with Crippen LogP contribution in [0.1, 0.15) is 59.7 Å². The number of hydrogen-bond acceptors (Lipinski definition) is 6. The highest BCUT2D eigenvalue weighted by molar-refractivity contribution is 5.95. The number of likely N-dealkylation sites (tertiary alicyclic amines) is 1. The molecular formula is C19H23N3O4. The fourth-order valence-corrected chi connectivity index (χ4v) is 3.35. The average Bonchev–Trinajstić information content (AvgIpc) is 3.43. The van der Waals surface area contributed by atoms with Crippen LogP contribution in [0.15, 0.2) is 22.6 Å². The summed E-state index contributed by atoms with van der Waals surface area (Å²) in [6, 6.07) is 5.25. The Morgan fingerprint density at radius 1 is 0.962 bits per heavy atom. The van der Waals surface area contributed by atoms with E-state index in [9.17, 15) is 4.79 Å². The molecule has 0 radical (unpaired) electrons. The number of piperidine rings is 1. The first-order valence-electron chi connectivity index (χ1n) is 9.03. The summed E-state index contributed by atoms with van der Waals surface area (Å²) in [5.41, 5.74) is 0.577. The predicted molar refractivity (Wildman–Crippen MR) is 93.7 cm³/mol. The van der Waals surface area contributed by atoms with E-state index in [1.165, 1.54) is 0 Å². The topological polar surface area (TPSA) is 77.7 Å². The van der Waals surface area contributed by atoms with Gasteiger partial charge >= 0.3 is 0 Å². The SMILES string of the molecule is COc1cc(OC)cc(C(=O)N2CCC(c3nnc(C4CC4)o3)CC2)c1. The molecule has 0 N–H and O–H groups in total. The molecular weight excluding hydrogens is 334 g/mol. The van der Waals surface area contributed by atoms with E-state index in [2.05, 4.69) is 10.2 Å². The van der Waals surface area contributed by atoms with Gasteiger partial charge in [-0.05, 0) is 37.8 Å². The lowest BCUT2D eigenvalue weighted by molar-refractivity contribution is 0.0705. The van der Waals surface area contributed by atoms with Crippen molar-refractivity contribution < 1.29 is 18.7 Å². The largest absolute Gasteiger partial charge is 0.497 e. The molecule has 1 aromatic carbocycles. The van der Waals surface area contributed by atoms with Crippen LogP contribution in [0.4, 0.5) is 0 Å². The number of benzene rings is 1. The molecule has 0 unspecified atom stereocenters. The van der Waals surface area contributed by atoms with E-state index in [-0.39, 0.29) is 11.8 Å². The number of nitrogens with zero attached hydrogens (tertiary/aromatic N) is 3. The van der Waals surface area contributed by atoms with Crippen LogP contribution < -0.4 is 9.47 Å². The summed E-state index contributed by atoms with van der Waals surface area (Å²) in [7, 11) is 3.16. The third-order valence-corrected chi connectivity index (χ3v) is 5.11. The Balaban J connectivity index is 1.41. The molecule has 2 aliphatic rings. The van der Waals surface area contributed by atoms with Gasteiger partial charge in [0, 0.05) is 36.6 Å². The second-order valence-electron chi connectivity index (χ2n) is 6.92. The Labute approximate surface area is 152 Å². The summed E-state index contributed by atoms with van der Waals surface area (Å²) < 4.78 is 16.3. The van der Waals surface area contributed by atoms with Gasteiger partial charge in [-0.1, -0.05) is 0 Å². The fraction of sp³-hybridized carbons (Fsp3) is 0.526. The Morgan fingerprint density at radius 3 is 2.00 bits per heavy atom. The average molecular weight is 357 g/mol. The van der Waals surface area contributed by atoms with Crippen LogP contribution in [0.25, 0.3) is 0 Å². The molecule has 1 aromatic heterocycles. The van der Waals surface area contributed by atoms with Crippen LogP contribution in [0.2, 0.25) is 0 Å². The molecule has 1 aliphatic heterocycles. The molecule has 0 bridgehead atoms. The summed E-state index contributed by atoms with van der Waals surface area (Å²) >= 11 is 0. The minimum atomic E-state index is -0.00940. The number of ether oxygens (including phenoxy) is 2. The van der Waals surface area contributed by atoms with Gasteiger partial charge in [-0.25, -0.2) is 0 Å². The number of carbonyl (C=O) groups excluding carboxylic acids is 1. The molecule has 0 spiro atoms. The smallest absolute Gasteiger partial charge is 0.254 e. The fourth-order valence-electron chi connectivity index (χ4n) is 3.35. The molecule has 1 saturated carbocycles. The lowest BCUT2D eigenvalue weighted by atomic mass is 9.96. The van der Waals surface area contributed by atoms with Gasteiger partial charge < -0.3 is 18.8 Å². The third-order valence-electron chi connectivity index (χ3n) is 5.11. The zero-order chi connectivity index (χ0) is 18.1. The molecule has 2 aromatic rings. The minimum Gasteiger partial charge on any atom is -0.497 e. The van der Waals surface area contributed by atoms with Crippen molar-refractivity contribution in [3.05, 3.63) is 35.5 Å². The maximum Gasteiger partial charge on any atom is 0.254 e. The van der Waals surface area contributed by atoms with Gasteiger partial charge in [0.25, 0.3) is 5.91 Å². The minimum absolute atomic E-state index is 0.00940. The van der Waals surface area contributed by atoms with E-state index in [4.69, 9.17) is 13.9 Å². The zero-order valence-corrected chi connectivity index (χ0v) is 15.1. The van der Waals surface area contributed by atoms with E-state index in [1.807, 2.05) is 4.90 Å². The van der Waals surface area contributed by atoms with Gasteiger partial charge in [0.15, 0.2) is 0 Å². The van der Waals surface area contributed by atoms with Crippen LogP contribution >= 0.6 is 0 Å². The Kier molecular flexibility index (Phi) is 4.53. The van der Waals surface area contributed by atoms with E-state index < -0.39 is 0 Å². The molecule has 26 heavy (non-hydrogen) atoms. The summed E-state index contributed by atoms with van der Waals surface area (Å²) in [4.78, 5) is 14.7. The molecule has 7 heteroatoms. The number of rotatable bonds is 5. The van der Waals surface area contributed by atoms with Crippen molar-refractivity contribution in [2.75, 3.05) is 27.3 Å². The van der Waals surface area contributed by atoms with E-state index in [0.717, 1.165) is 37.5 Å². The molecule has 2 heterocycles.